The molecule has 0 saturated carbocycles. The molecule has 2 heterocycles. The minimum Gasteiger partial charge on any atom is -0.494 e. The number of rotatable bonds is 6. The van der Waals surface area contributed by atoms with Crippen molar-refractivity contribution in [3.8, 4) is 5.75 Å². The van der Waals surface area contributed by atoms with Gasteiger partial charge in [0.25, 0.3) is 11.5 Å². The number of para-hydroxylation sites is 1. The highest BCUT2D eigenvalue weighted by atomic mass is 16.5. The average molecular weight is 355 g/mol. The molecular formula is C19H21N3O4. The molecule has 3 rings (SSSR count). The number of nitrogens with zero attached hydrogens (tertiary/aromatic N) is 3. The van der Waals surface area contributed by atoms with Gasteiger partial charge in [0, 0.05) is 20.6 Å². The Kier molecular flexibility index (Phi) is 5.06. The third kappa shape index (κ3) is 3.46. The van der Waals surface area contributed by atoms with E-state index in [1.54, 1.807) is 25.9 Å². The second-order valence-corrected chi connectivity index (χ2v) is 6.12. The molecular weight excluding hydrogens is 334 g/mol. The summed E-state index contributed by atoms with van der Waals surface area (Å²) < 4.78 is 12.5. The SMILES string of the molecule is Cc1oc2ncn(C)c(=O)c2c1C(=O)N(C)CCCOc1ccccc1. The summed E-state index contributed by atoms with van der Waals surface area (Å²) in [6, 6.07) is 9.52. The molecule has 0 aliphatic rings. The topological polar surface area (TPSA) is 77.6 Å². The van der Waals surface area contributed by atoms with Crippen molar-refractivity contribution in [3.63, 3.8) is 0 Å². The Labute approximate surface area is 150 Å². The lowest BCUT2D eigenvalue weighted by Gasteiger charge is -2.17. The molecule has 7 nitrogen and oxygen atoms in total. The maximum Gasteiger partial charge on any atom is 0.265 e. The monoisotopic (exact) mass is 355 g/mol. The van der Waals surface area contributed by atoms with E-state index in [4.69, 9.17) is 9.15 Å². The Morgan fingerprint density at radius 1 is 1.31 bits per heavy atom. The first-order valence-electron chi connectivity index (χ1n) is 8.37. The van der Waals surface area contributed by atoms with E-state index in [0.29, 0.717) is 25.3 Å². The second kappa shape index (κ2) is 7.43. The lowest BCUT2D eigenvalue weighted by atomic mass is 10.1. The lowest BCUT2D eigenvalue weighted by Crippen LogP contribution is -2.30. The van der Waals surface area contributed by atoms with Gasteiger partial charge in [0.2, 0.25) is 5.71 Å². The third-order valence-corrected chi connectivity index (χ3v) is 4.16. The quantitative estimate of drug-likeness (QED) is 0.635. The number of carbonyl (C=O) groups excluding carboxylic acids is 1. The van der Waals surface area contributed by atoms with Gasteiger partial charge in [0.15, 0.2) is 0 Å². The smallest absolute Gasteiger partial charge is 0.265 e. The molecule has 2 aromatic heterocycles. The Morgan fingerprint density at radius 3 is 2.77 bits per heavy atom. The highest BCUT2D eigenvalue weighted by Gasteiger charge is 2.24. The van der Waals surface area contributed by atoms with Gasteiger partial charge in [0.05, 0.1) is 12.2 Å². The van der Waals surface area contributed by atoms with Crippen molar-refractivity contribution in [1.29, 1.82) is 0 Å². The van der Waals surface area contributed by atoms with Crippen LogP contribution in [0.3, 0.4) is 0 Å². The van der Waals surface area contributed by atoms with Crippen LogP contribution < -0.4 is 10.3 Å². The zero-order chi connectivity index (χ0) is 18.7. The van der Waals surface area contributed by atoms with Crippen molar-refractivity contribution in [2.45, 2.75) is 13.3 Å². The summed E-state index contributed by atoms with van der Waals surface area (Å²) >= 11 is 0. The zero-order valence-electron chi connectivity index (χ0n) is 15.1. The van der Waals surface area contributed by atoms with Crippen LogP contribution in [0.2, 0.25) is 0 Å². The number of amides is 1. The number of aryl methyl sites for hydroxylation is 2. The van der Waals surface area contributed by atoms with Crippen molar-refractivity contribution in [2.24, 2.45) is 7.05 Å². The Morgan fingerprint density at radius 2 is 2.04 bits per heavy atom. The molecule has 0 radical (unpaired) electrons. The molecule has 0 aliphatic carbocycles. The molecule has 0 atom stereocenters. The maximum absolute atomic E-state index is 12.8. The minimum atomic E-state index is -0.295. The number of carbonyl (C=O) groups is 1. The van der Waals surface area contributed by atoms with E-state index in [0.717, 1.165) is 5.75 Å². The molecule has 7 heteroatoms. The van der Waals surface area contributed by atoms with Crippen molar-refractivity contribution in [1.82, 2.24) is 14.5 Å². The largest absolute Gasteiger partial charge is 0.494 e. The van der Waals surface area contributed by atoms with Crippen LogP contribution in [0, 0.1) is 6.92 Å². The van der Waals surface area contributed by atoms with Crippen LogP contribution in [0.25, 0.3) is 11.1 Å². The van der Waals surface area contributed by atoms with Gasteiger partial charge >= 0.3 is 0 Å². The molecule has 0 saturated heterocycles. The fourth-order valence-corrected chi connectivity index (χ4v) is 2.75. The molecule has 0 spiro atoms. The summed E-state index contributed by atoms with van der Waals surface area (Å²) in [5, 5.41) is 0.227. The van der Waals surface area contributed by atoms with Crippen molar-refractivity contribution < 1.29 is 13.9 Å². The predicted octanol–water partition coefficient (Wildman–Crippen LogP) is 2.38. The van der Waals surface area contributed by atoms with Crippen LogP contribution in [0.5, 0.6) is 5.75 Å². The number of benzene rings is 1. The summed E-state index contributed by atoms with van der Waals surface area (Å²) in [6.45, 7) is 2.66. The first-order valence-corrected chi connectivity index (χ1v) is 8.37. The fourth-order valence-electron chi connectivity index (χ4n) is 2.75. The van der Waals surface area contributed by atoms with E-state index in [-0.39, 0.29) is 28.1 Å². The standard InChI is InChI=1S/C19H21N3O4/c1-13-15(16-17(26-13)20-12-22(3)19(16)24)18(23)21(2)10-7-11-25-14-8-5-4-6-9-14/h4-6,8-9,12H,7,10-11H2,1-3H3. The first-order chi connectivity index (χ1) is 12.5. The molecule has 136 valence electrons. The fraction of sp³-hybridized carbons (Fsp3) is 0.316. The van der Waals surface area contributed by atoms with Gasteiger partial charge in [-0.2, -0.15) is 0 Å². The van der Waals surface area contributed by atoms with Crippen LogP contribution in [-0.4, -0.2) is 40.6 Å². The highest BCUT2D eigenvalue weighted by molar-refractivity contribution is 6.06. The third-order valence-electron chi connectivity index (χ3n) is 4.16. The van der Waals surface area contributed by atoms with Gasteiger partial charge in [-0.1, -0.05) is 18.2 Å². The van der Waals surface area contributed by atoms with Crippen LogP contribution in [0.15, 0.2) is 45.9 Å². The van der Waals surface area contributed by atoms with Gasteiger partial charge in [0.1, 0.15) is 23.2 Å². The summed E-state index contributed by atoms with van der Waals surface area (Å²) in [5.41, 5.74) is 0.172. The number of ether oxygens (including phenoxy) is 1. The first kappa shape index (κ1) is 17.7. The van der Waals surface area contributed by atoms with Gasteiger partial charge < -0.3 is 18.6 Å². The number of hydrogen-bond acceptors (Lipinski definition) is 5. The maximum atomic E-state index is 12.8. The van der Waals surface area contributed by atoms with Crippen molar-refractivity contribution >= 4 is 17.0 Å². The van der Waals surface area contributed by atoms with E-state index in [1.807, 2.05) is 30.3 Å². The number of fused-ring (bicyclic) bond motifs is 1. The normalized spacial score (nSPS) is 10.9. The number of furan rings is 1. The second-order valence-electron chi connectivity index (χ2n) is 6.12. The lowest BCUT2D eigenvalue weighted by molar-refractivity contribution is 0.0787. The number of hydrogen-bond donors (Lipinski definition) is 0. The minimum absolute atomic E-state index is 0.190. The van der Waals surface area contributed by atoms with Crippen molar-refractivity contribution in [2.75, 3.05) is 20.2 Å². The van der Waals surface area contributed by atoms with Gasteiger partial charge in [-0.15, -0.1) is 0 Å². The van der Waals surface area contributed by atoms with Crippen LogP contribution >= 0.6 is 0 Å². The van der Waals surface area contributed by atoms with Crippen LogP contribution in [0.4, 0.5) is 0 Å². The predicted molar refractivity (Wildman–Crippen MR) is 97.5 cm³/mol. The molecule has 26 heavy (non-hydrogen) atoms. The van der Waals surface area contributed by atoms with Gasteiger partial charge in [-0.05, 0) is 25.5 Å². The molecule has 0 unspecified atom stereocenters. The highest BCUT2D eigenvalue weighted by Crippen LogP contribution is 2.22. The molecule has 0 N–H and O–H groups in total. The molecule has 0 aliphatic heterocycles. The average Bonchev–Trinajstić information content (AvgIpc) is 2.98. The van der Waals surface area contributed by atoms with E-state index in [9.17, 15) is 9.59 Å². The van der Waals surface area contributed by atoms with Gasteiger partial charge in [-0.3, -0.25) is 9.59 Å². The van der Waals surface area contributed by atoms with E-state index in [1.165, 1.54) is 10.9 Å². The summed E-state index contributed by atoms with van der Waals surface area (Å²) in [6.07, 6.45) is 2.05. The summed E-state index contributed by atoms with van der Waals surface area (Å²) in [5.74, 6) is 0.937. The van der Waals surface area contributed by atoms with Crippen molar-refractivity contribution in [3.05, 3.63) is 58.3 Å². The Balaban J connectivity index is 1.69. The van der Waals surface area contributed by atoms with Gasteiger partial charge in [-0.25, -0.2) is 4.98 Å². The molecule has 1 amide bonds. The summed E-state index contributed by atoms with van der Waals surface area (Å²) in [7, 11) is 3.29. The van der Waals surface area contributed by atoms with Crippen LogP contribution in [-0.2, 0) is 7.05 Å². The summed E-state index contributed by atoms with van der Waals surface area (Å²) in [4.78, 5) is 30.8. The number of aromatic nitrogens is 2. The Hall–Kier alpha value is -3.09. The van der Waals surface area contributed by atoms with E-state index < -0.39 is 0 Å². The van der Waals surface area contributed by atoms with E-state index in [2.05, 4.69) is 4.98 Å². The molecule has 0 bridgehead atoms. The zero-order valence-corrected chi connectivity index (χ0v) is 15.1. The molecule has 0 fully saturated rings. The van der Waals surface area contributed by atoms with E-state index >= 15 is 0 Å². The Bertz CT molecular complexity index is 976. The molecule has 3 aromatic rings. The van der Waals surface area contributed by atoms with Crippen LogP contribution in [0.1, 0.15) is 22.5 Å². The molecule has 1 aromatic carbocycles.